The summed E-state index contributed by atoms with van der Waals surface area (Å²) in [6.07, 6.45) is 7.56. The van der Waals surface area contributed by atoms with Crippen LogP contribution in [0.4, 0.5) is 11.5 Å². The highest BCUT2D eigenvalue weighted by Gasteiger charge is 2.18. The van der Waals surface area contributed by atoms with Gasteiger partial charge in [-0.2, -0.15) is 0 Å². The predicted molar refractivity (Wildman–Crippen MR) is 130 cm³/mol. The van der Waals surface area contributed by atoms with Gasteiger partial charge in [0, 0.05) is 16.1 Å². The van der Waals surface area contributed by atoms with E-state index in [1.165, 1.54) is 42.4 Å². The summed E-state index contributed by atoms with van der Waals surface area (Å²) >= 11 is 6.28. The smallest absolute Gasteiger partial charge is 0.141 e. The summed E-state index contributed by atoms with van der Waals surface area (Å²) in [6.45, 7) is 12.3. The fourth-order valence-corrected chi connectivity index (χ4v) is 4.22. The van der Waals surface area contributed by atoms with Gasteiger partial charge in [-0.25, -0.2) is 9.97 Å². The number of rotatable bonds is 4. The van der Waals surface area contributed by atoms with Crippen LogP contribution in [0.2, 0.25) is 5.02 Å². The summed E-state index contributed by atoms with van der Waals surface area (Å²) in [6, 6.07) is 10.3. The third kappa shape index (κ3) is 5.02. The second-order valence-corrected chi connectivity index (χ2v) is 8.36. The molecule has 4 rings (SSSR count). The van der Waals surface area contributed by atoms with E-state index in [1.807, 2.05) is 39.0 Å². The van der Waals surface area contributed by atoms with Crippen LogP contribution < -0.4 is 5.32 Å². The zero-order valence-electron chi connectivity index (χ0n) is 18.6. The van der Waals surface area contributed by atoms with E-state index in [1.54, 1.807) is 6.33 Å². The molecule has 1 aliphatic carbocycles. The van der Waals surface area contributed by atoms with Crippen LogP contribution in [-0.4, -0.2) is 9.97 Å². The van der Waals surface area contributed by atoms with Gasteiger partial charge in [0.05, 0.1) is 5.52 Å². The quantitative estimate of drug-likeness (QED) is 0.434. The van der Waals surface area contributed by atoms with Gasteiger partial charge in [-0.3, -0.25) is 0 Å². The highest BCUT2D eigenvalue weighted by Crippen LogP contribution is 2.33. The van der Waals surface area contributed by atoms with Crippen molar-refractivity contribution in [2.24, 2.45) is 5.92 Å². The van der Waals surface area contributed by atoms with Gasteiger partial charge in [0.1, 0.15) is 12.1 Å². The average Bonchev–Trinajstić information content (AvgIpc) is 2.75. The van der Waals surface area contributed by atoms with Crippen molar-refractivity contribution >= 4 is 34.0 Å². The van der Waals surface area contributed by atoms with Crippen LogP contribution in [0, 0.1) is 19.8 Å². The molecule has 1 fully saturated rings. The van der Waals surface area contributed by atoms with Crippen molar-refractivity contribution in [3.8, 4) is 0 Å². The number of allylic oxidation sites excluding steroid dienone is 1. The summed E-state index contributed by atoms with van der Waals surface area (Å²) in [4.78, 5) is 9.02. The van der Waals surface area contributed by atoms with Crippen LogP contribution in [0.15, 0.2) is 48.8 Å². The summed E-state index contributed by atoms with van der Waals surface area (Å²) in [5, 5.41) is 5.27. The maximum Gasteiger partial charge on any atom is 0.141 e. The van der Waals surface area contributed by atoms with Crippen molar-refractivity contribution in [2.45, 2.75) is 59.8 Å². The minimum atomic E-state index is 0.734. The van der Waals surface area contributed by atoms with Crippen molar-refractivity contribution in [3.05, 3.63) is 70.5 Å². The molecule has 0 radical (unpaired) electrons. The number of hydrogen-bond acceptors (Lipinski definition) is 3. The second-order valence-electron chi connectivity index (χ2n) is 7.95. The number of halogens is 1. The van der Waals surface area contributed by atoms with Crippen LogP contribution in [0.3, 0.4) is 0 Å². The molecule has 0 atom stereocenters. The summed E-state index contributed by atoms with van der Waals surface area (Å²) in [7, 11) is 0. The number of anilines is 2. The first-order chi connectivity index (χ1) is 14.5. The van der Waals surface area contributed by atoms with E-state index < -0.39 is 0 Å². The van der Waals surface area contributed by atoms with Gasteiger partial charge in [0.2, 0.25) is 0 Å². The Hall–Kier alpha value is -2.39. The molecule has 2 aromatic carbocycles. The molecule has 1 heterocycles. The number of nitrogens with one attached hydrogen (secondary N) is 1. The summed E-state index contributed by atoms with van der Waals surface area (Å²) in [5.41, 5.74) is 7.07. The number of fused-ring (bicyclic) bond motifs is 1. The molecule has 1 aliphatic rings. The number of aromatic nitrogens is 2. The van der Waals surface area contributed by atoms with Crippen LogP contribution in [0.25, 0.3) is 10.9 Å². The normalized spacial score (nSPS) is 14.4. The predicted octanol–water partition coefficient (Wildman–Crippen LogP) is 7.96. The molecular formula is C26H32ClN3. The van der Waals surface area contributed by atoms with Gasteiger partial charge < -0.3 is 5.32 Å². The van der Waals surface area contributed by atoms with Crippen LogP contribution in [-0.2, 0) is 6.42 Å². The molecule has 0 bridgehead atoms. The van der Waals surface area contributed by atoms with E-state index in [9.17, 15) is 0 Å². The standard InChI is InChI=1S/C24H26ClN3.C2H6/c1-15-7-9-18(10-8-15)12-19-13-20-23(11-16(19)2)26-14-27-24(20)28-22-6-4-5-21(25)17(22)3;1-2/h4-6,11,13-14,18H,1,7-10,12H2,2-3H3,(H,26,27,28);1-2H3. The maximum absolute atomic E-state index is 6.28. The molecule has 1 aromatic heterocycles. The van der Waals surface area contributed by atoms with Crippen molar-refractivity contribution in [1.82, 2.24) is 9.97 Å². The Morgan fingerprint density at radius 2 is 1.83 bits per heavy atom. The van der Waals surface area contributed by atoms with Gasteiger partial charge in [0.25, 0.3) is 0 Å². The average molecular weight is 422 g/mol. The van der Waals surface area contributed by atoms with Gasteiger partial charge in [-0.05, 0) is 92.8 Å². The Morgan fingerprint density at radius 3 is 2.57 bits per heavy atom. The summed E-state index contributed by atoms with van der Waals surface area (Å²) < 4.78 is 0. The molecular weight excluding hydrogens is 390 g/mol. The first kappa shape index (κ1) is 22.3. The molecule has 3 nitrogen and oxygen atoms in total. The molecule has 30 heavy (non-hydrogen) atoms. The monoisotopic (exact) mass is 421 g/mol. The Balaban J connectivity index is 0.00000124. The van der Waals surface area contributed by atoms with E-state index >= 15 is 0 Å². The zero-order chi connectivity index (χ0) is 21.7. The Kier molecular flexibility index (Phi) is 7.49. The second kappa shape index (κ2) is 10.1. The third-order valence-electron chi connectivity index (χ3n) is 5.93. The number of benzene rings is 2. The fraction of sp³-hybridized carbons (Fsp3) is 0.385. The Morgan fingerprint density at radius 1 is 1.10 bits per heavy atom. The molecule has 1 saturated carbocycles. The lowest BCUT2D eigenvalue weighted by Crippen LogP contribution is -2.11. The molecule has 0 saturated heterocycles. The van der Waals surface area contributed by atoms with Crippen LogP contribution >= 0.6 is 11.6 Å². The fourth-order valence-electron chi connectivity index (χ4n) is 4.04. The van der Waals surface area contributed by atoms with E-state index in [2.05, 4.69) is 40.9 Å². The first-order valence-electron chi connectivity index (χ1n) is 10.9. The van der Waals surface area contributed by atoms with Gasteiger partial charge in [0.15, 0.2) is 0 Å². The molecule has 0 aliphatic heterocycles. The molecule has 4 heteroatoms. The van der Waals surface area contributed by atoms with Crippen LogP contribution in [0.1, 0.15) is 56.2 Å². The molecule has 0 spiro atoms. The maximum atomic E-state index is 6.28. The minimum absolute atomic E-state index is 0.734. The van der Waals surface area contributed by atoms with Crippen molar-refractivity contribution in [3.63, 3.8) is 0 Å². The van der Waals surface area contributed by atoms with E-state index in [0.29, 0.717) is 0 Å². The van der Waals surface area contributed by atoms with Crippen molar-refractivity contribution < 1.29 is 0 Å². The molecule has 1 N–H and O–H groups in total. The van der Waals surface area contributed by atoms with E-state index in [4.69, 9.17) is 11.6 Å². The first-order valence-corrected chi connectivity index (χ1v) is 11.3. The van der Waals surface area contributed by atoms with E-state index in [0.717, 1.165) is 45.3 Å². The number of aryl methyl sites for hydroxylation is 1. The Labute approximate surface area is 185 Å². The lowest BCUT2D eigenvalue weighted by molar-refractivity contribution is 0.407. The topological polar surface area (TPSA) is 37.8 Å². The minimum Gasteiger partial charge on any atom is -0.339 e. The van der Waals surface area contributed by atoms with Gasteiger partial charge in [-0.1, -0.05) is 43.7 Å². The van der Waals surface area contributed by atoms with Crippen molar-refractivity contribution in [1.29, 1.82) is 0 Å². The van der Waals surface area contributed by atoms with Gasteiger partial charge in [-0.15, -0.1) is 0 Å². The number of nitrogens with zero attached hydrogens (tertiary/aromatic N) is 2. The largest absolute Gasteiger partial charge is 0.339 e. The van der Waals surface area contributed by atoms with Crippen LogP contribution in [0.5, 0.6) is 0 Å². The highest BCUT2D eigenvalue weighted by atomic mass is 35.5. The molecule has 0 unspecified atom stereocenters. The molecule has 0 amide bonds. The third-order valence-corrected chi connectivity index (χ3v) is 6.34. The summed E-state index contributed by atoms with van der Waals surface area (Å²) in [5.74, 6) is 1.56. The Bertz CT molecular complexity index is 1030. The SMILES string of the molecule is C=C1CCC(Cc2cc3c(Nc4cccc(Cl)c4C)ncnc3cc2C)CC1.CC. The lowest BCUT2D eigenvalue weighted by Gasteiger charge is -2.24. The lowest BCUT2D eigenvalue weighted by atomic mass is 9.82. The highest BCUT2D eigenvalue weighted by molar-refractivity contribution is 6.31. The van der Waals surface area contributed by atoms with Gasteiger partial charge >= 0.3 is 0 Å². The zero-order valence-corrected chi connectivity index (χ0v) is 19.3. The molecule has 3 aromatic rings. The molecule has 158 valence electrons. The van der Waals surface area contributed by atoms with E-state index in [-0.39, 0.29) is 0 Å². The number of hydrogen-bond donors (Lipinski definition) is 1. The van der Waals surface area contributed by atoms with Crippen molar-refractivity contribution in [2.75, 3.05) is 5.32 Å².